The van der Waals surface area contributed by atoms with Crippen LogP contribution in [0.5, 0.6) is 5.75 Å². The fraction of sp³-hybridized carbons (Fsp3) is 0.192. The Morgan fingerprint density at radius 1 is 1.12 bits per heavy atom. The van der Waals surface area contributed by atoms with Gasteiger partial charge in [-0.15, -0.1) is 0 Å². The van der Waals surface area contributed by atoms with Crippen molar-refractivity contribution in [3.05, 3.63) is 99.0 Å². The molecule has 0 saturated heterocycles. The van der Waals surface area contributed by atoms with E-state index in [-0.39, 0.29) is 11.3 Å². The number of ether oxygens (including phenoxy) is 1. The standard InChI is InChI=1S/C26H24BrN3O2/c1-26(2,3)22-11-9-19(10-12-22)25(31)30-29-16-18-8-13-24(23(27)14-18)32-17-21-7-5-4-6-20(21)15-28/h4-14,16H,17H2,1-3H3,(H,30,31)/b29-16-. The van der Waals surface area contributed by atoms with Gasteiger partial charge in [-0.2, -0.15) is 10.4 Å². The summed E-state index contributed by atoms with van der Waals surface area (Å²) in [7, 11) is 0. The molecule has 32 heavy (non-hydrogen) atoms. The van der Waals surface area contributed by atoms with E-state index in [1.807, 2.05) is 48.5 Å². The second kappa shape index (κ2) is 10.3. The van der Waals surface area contributed by atoms with E-state index >= 15 is 0 Å². The monoisotopic (exact) mass is 489 g/mol. The molecule has 5 nitrogen and oxygen atoms in total. The third-order valence-corrected chi connectivity index (χ3v) is 5.49. The Balaban J connectivity index is 1.59. The van der Waals surface area contributed by atoms with Gasteiger partial charge in [0.2, 0.25) is 0 Å². The first-order valence-corrected chi connectivity index (χ1v) is 10.9. The number of nitrogens with zero attached hydrogens (tertiary/aromatic N) is 2. The van der Waals surface area contributed by atoms with Crippen LogP contribution < -0.4 is 10.2 Å². The van der Waals surface area contributed by atoms with Crippen molar-refractivity contribution in [2.24, 2.45) is 5.10 Å². The van der Waals surface area contributed by atoms with Gasteiger partial charge in [-0.3, -0.25) is 4.79 Å². The molecule has 0 aliphatic heterocycles. The first-order valence-electron chi connectivity index (χ1n) is 10.1. The molecular formula is C26H24BrN3O2. The maximum Gasteiger partial charge on any atom is 0.271 e. The van der Waals surface area contributed by atoms with Gasteiger partial charge in [-0.05, 0) is 68.9 Å². The summed E-state index contributed by atoms with van der Waals surface area (Å²) in [5.41, 5.74) is 6.53. The van der Waals surface area contributed by atoms with Crippen molar-refractivity contribution in [1.82, 2.24) is 5.43 Å². The highest BCUT2D eigenvalue weighted by Gasteiger charge is 2.14. The van der Waals surface area contributed by atoms with Crippen molar-refractivity contribution in [2.45, 2.75) is 32.8 Å². The van der Waals surface area contributed by atoms with Crippen molar-refractivity contribution < 1.29 is 9.53 Å². The minimum absolute atomic E-state index is 0.0372. The van der Waals surface area contributed by atoms with Gasteiger partial charge in [-0.25, -0.2) is 5.43 Å². The number of nitrogens with one attached hydrogen (secondary N) is 1. The van der Waals surface area contributed by atoms with Crippen LogP contribution in [0.4, 0.5) is 0 Å². The van der Waals surface area contributed by atoms with E-state index in [0.717, 1.165) is 15.6 Å². The molecule has 0 aromatic heterocycles. The van der Waals surface area contributed by atoms with Crippen molar-refractivity contribution in [1.29, 1.82) is 5.26 Å². The van der Waals surface area contributed by atoms with Crippen LogP contribution in [-0.4, -0.2) is 12.1 Å². The summed E-state index contributed by atoms with van der Waals surface area (Å²) in [6.45, 7) is 6.68. The van der Waals surface area contributed by atoms with Crippen molar-refractivity contribution in [3.63, 3.8) is 0 Å². The molecule has 6 heteroatoms. The Labute approximate surface area is 196 Å². The first-order chi connectivity index (χ1) is 15.3. The molecule has 0 fully saturated rings. The van der Waals surface area contributed by atoms with Gasteiger partial charge in [-0.1, -0.05) is 51.1 Å². The summed E-state index contributed by atoms with van der Waals surface area (Å²) in [5.74, 6) is 0.384. The van der Waals surface area contributed by atoms with Crippen LogP contribution in [0, 0.1) is 11.3 Å². The number of benzene rings is 3. The second-order valence-electron chi connectivity index (χ2n) is 8.27. The van der Waals surface area contributed by atoms with E-state index in [1.54, 1.807) is 24.4 Å². The fourth-order valence-electron chi connectivity index (χ4n) is 2.98. The number of nitriles is 1. The van der Waals surface area contributed by atoms with Crippen LogP contribution >= 0.6 is 15.9 Å². The number of hydrogen-bond donors (Lipinski definition) is 1. The molecule has 0 saturated carbocycles. The molecule has 0 aliphatic rings. The molecule has 1 N–H and O–H groups in total. The lowest BCUT2D eigenvalue weighted by Crippen LogP contribution is -2.18. The molecule has 0 unspecified atom stereocenters. The van der Waals surface area contributed by atoms with Gasteiger partial charge >= 0.3 is 0 Å². The summed E-state index contributed by atoms with van der Waals surface area (Å²) in [6, 6.07) is 22.5. The molecule has 162 valence electrons. The highest BCUT2D eigenvalue weighted by molar-refractivity contribution is 9.10. The molecular weight excluding hydrogens is 466 g/mol. The summed E-state index contributed by atoms with van der Waals surface area (Å²) >= 11 is 3.50. The van der Waals surface area contributed by atoms with Crippen LogP contribution in [0.3, 0.4) is 0 Å². The maximum atomic E-state index is 12.3. The average Bonchev–Trinajstić information content (AvgIpc) is 2.78. The lowest BCUT2D eigenvalue weighted by molar-refractivity contribution is 0.0955. The van der Waals surface area contributed by atoms with E-state index in [4.69, 9.17) is 4.74 Å². The van der Waals surface area contributed by atoms with Gasteiger partial charge in [0, 0.05) is 11.1 Å². The predicted octanol–water partition coefficient (Wildman–Crippen LogP) is 5.96. The summed E-state index contributed by atoms with van der Waals surface area (Å²) in [5, 5.41) is 13.2. The van der Waals surface area contributed by atoms with Crippen LogP contribution in [0.15, 0.2) is 76.3 Å². The second-order valence-corrected chi connectivity index (χ2v) is 9.13. The largest absolute Gasteiger partial charge is 0.488 e. The molecule has 3 aromatic rings. The average molecular weight is 490 g/mol. The van der Waals surface area contributed by atoms with E-state index < -0.39 is 0 Å². The van der Waals surface area contributed by atoms with Crippen molar-refractivity contribution >= 4 is 28.1 Å². The maximum absolute atomic E-state index is 12.3. The van der Waals surface area contributed by atoms with E-state index in [1.165, 1.54) is 5.56 Å². The van der Waals surface area contributed by atoms with Gasteiger partial charge < -0.3 is 4.74 Å². The summed E-state index contributed by atoms with van der Waals surface area (Å²) in [6.07, 6.45) is 1.57. The lowest BCUT2D eigenvalue weighted by atomic mass is 9.87. The van der Waals surface area contributed by atoms with Crippen LogP contribution in [0.1, 0.15) is 53.4 Å². The quantitative estimate of drug-likeness (QED) is 0.342. The first kappa shape index (κ1) is 23.2. The Hall–Kier alpha value is -3.43. The van der Waals surface area contributed by atoms with Crippen LogP contribution in [0.2, 0.25) is 0 Å². The Morgan fingerprint density at radius 2 is 1.84 bits per heavy atom. The number of hydrogen-bond acceptors (Lipinski definition) is 4. The third kappa shape index (κ3) is 6.05. The van der Waals surface area contributed by atoms with E-state index in [0.29, 0.717) is 23.5 Å². The Kier molecular flexibility index (Phi) is 7.45. The fourth-order valence-corrected chi connectivity index (χ4v) is 3.49. The van der Waals surface area contributed by atoms with Gasteiger partial charge in [0.15, 0.2) is 0 Å². The number of hydrazone groups is 1. The Bertz CT molecular complexity index is 1170. The highest BCUT2D eigenvalue weighted by atomic mass is 79.9. The normalized spacial score (nSPS) is 11.2. The van der Waals surface area contributed by atoms with Gasteiger partial charge in [0.25, 0.3) is 5.91 Å². The topological polar surface area (TPSA) is 74.5 Å². The molecule has 0 atom stereocenters. The SMILES string of the molecule is CC(C)(C)c1ccc(C(=O)N/N=C\c2ccc(OCc3ccccc3C#N)c(Br)c2)cc1. The zero-order valence-corrected chi connectivity index (χ0v) is 19.8. The molecule has 0 bridgehead atoms. The van der Waals surface area contributed by atoms with Crippen LogP contribution in [-0.2, 0) is 12.0 Å². The van der Waals surface area contributed by atoms with Crippen molar-refractivity contribution in [3.8, 4) is 11.8 Å². The number of halogens is 1. The molecule has 0 spiro atoms. The molecule has 0 heterocycles. The van der Waals surface area contributed by atoms with E-state index in [2.05, 4.69) is 53.3 Å². The Morgan fingerprint density at radius 3 is 2.50 bits per heavy atom. The summed E-state index contributed by atoms with van der Waals surface area (Å²) < 4.78 is 6.59. The molecule has 0 radical (unpaired) electrons. The number of amides is 1. The zero-order valence-electron chi connectivity index (χ0n) is 18.2. The van der Waals surface area contributed by atoms with Gasteiger partial charge in [0.05, 0.1) is 22.3 Å². The molecule has 0 aliphatic carbocycles. The number of rotatable bonds is 6. The molecule has 3 aromatic carbocycles. The lowest BCUT2D eigenvalue weighted by Gasteiger charge is -2.18. The molecule has 1 amide bonds. The summed E-state index contributed by atoms with van der Waals surface area (Å²) in [4.78, 5) is 12.3. The minimum atomic E-state index is -0.267. The van der Waals surface area contributed by atoms with Crippen molar-refractivity contribution in [2.75, 3.05) is 0 Å². The number of carbonyl (C=O) groups excluding carboxylic acids is 1. The predicted molar refractivity (Wildman–Crippen MR) is 130 cm³/mol. The number of carbonyl (C=O) groups is 1. The molecule has 3 rings (SSSR count). The zero-order chi connectivity index (χ0) is 23.1. The van der Waals surface area contributed by atoms with E-state index in [9.17, 15) is 10.1 Å². The smallest absolute Gasteiger partial charge is 0.271 e. The minimum Gasteiger partial charge on any atom is -0.488 e. The van der Waals surface area contributed by atoms with Gasteiger partial charge in [0.1, 0.15) is 12.4 Å². The highest BCUT2D eigenvalue weighted by Crippen LogP contribution is 2.27. The van der Waals surface area contributed by atoms with Crippen LogP contribution in [0.25, 0.3) is 0 Å². The third-order valence-electron chi connectivity index (χ3n) is 4.87.